The van der Waals surface area contributed by atoms with Gasteiger partial charge in [-0.05, 0) is 29.7 Å². The molecule has 0 saturated carbocycles. The fourth-order valence-corrected chi connectivity index (χ4v) is 3.21. The molecule has 2 heterocycles. The number of hydrogen-bond donors (Lipinski definition) is 1. The van der Waals surface area contributed by atoms with Gasteiger partial charge in [-0.15, -0.1) is 0 Å². The van der Waals surface area contributed by atoms with E-state index in [0.29, 0.717) is 18.4 Å². The standard InChI is InChI=1S/C18H21N3O3S/c1-12(2)17(13-4-5-14-15(10-13)24-9-8-23-14)21-16(22)11-25-18-19-6-3-7-20-18/h3-7,10,12,17H,8-9,11H2,1-2H3,(H,21,22)/t17-/m1/s1. The van der Waals surface area contributed by atoms with Crippen LogP contribution in [0.2, 0.25) is 0 Å². The molecule has 0 bridgehead atoms. The van der Waals surface area contributed by atoms with E-state index in [4.69, 9.17) is 9.47 Å². The highest BCUT2D eigenvalue weighted by Gasteiger charge is 2.21. The second-order valence-electron chi connectivity index (χ2n) is 6.01. The van der Waals surface area contributed by atoms with E-state index in [1.807, 2.05) is 18.2 Å². The van der Waals surface area contributed by atoms with Gasteiger partial charge >= 0.3 is 0 Å². The van der Waals surface area contributed by atoms with Crippen LogP contribution in [0.5, 0.6) is 11.5 Å². The number of thioether (sulfide) groups is 1. The number of nitrogens with zero attached hydrogens (tertiary/aromatic N) is 2. The highest BCUT2D eigenvalue weighted by atomic mass is 32.2. The molecule has 1 aliphatic heterocycles. The first-order valence-corrected chi connectivity index (χ1v) is 9.21. The lowest BCUT2D eigenvalue weighted by atomic mass is 9.95. The molecule has 0 aliphatic carbocycles. The smallest absolute Gasteiger partial charge is 0.230 e. The Kier molecular flexibility index (Phi) is 5.75. The second kappa shape index (κ2) is 8.20. The van der Waals surface area contributed by atoms with E-state index >= 15 is 0 Å². The SMILES string of the molecule is CC(C)[C@@H](NC(=O)CSc1ncccn1)c1ccc2c(c1)OCCO2. The topological polar surface area (TPSA) is 73.3 Å². The number of amides is 1. The lowest BCUT2D eigenvalue weighted by Crippen LogP contribution is -2.33. The monoisotopic (exact) mass is 359 g/mol. The van der Waals surface area contributed by atoms with E-state index < -0.39 is 0 Å². The molecule has 1 aromatic carbocycles. The second-order valence-corrected chi connectivity index (χ2v) is 6.95. The Labute approximate surface area is 151 Å². The van der Waals surface area contributed by atoms with Crippen molar-refractivity contribution < 1.29 is 14.3 Å². The van der Waals surface area contributed by atoms with Crippen LogP contribution in [0.4, 0.5) is 0 Å². The molecule has 0 fully saturated rings. The third-order valence-corrected chi connectivity index (χ3v) is 4.66. The number of ether oxygens (including phenoxy) is 2. The largest absolute Gasteiger partial charge is 0.486 e. The molecule has 1 atom stereocenters. The van der Waals surface area contributed by atoms with Crippen molar-refractivity contribution in [2.45, 2.75) is 25.0 Å². The molecule has 3 rings (SSSR count). The molecule has 7 heteroatoms. The van der Waals surface area contributed by atoms with Crippen LogP contribution in [0, 0.1) is 5.92 Å². The maximum atomic E-state index is 12.3. The average Bonchev–Trinajstić information content (AvgIpc) is 2.64. The fourth-order valence-electron chi connectivity index (χ4n) is 2.59. The molecular weight excluding hydrogens is 338 g/mol. The van der Waals surface area contributed by atoms with Crippen molar-refractivity contribution in [1.82, 2.24) is 15.3 Å². The Morgan fingerprint density at radius 3 is 2.64 bits per heavy atom. The molecule has 2 aromatic rings. The third kappa shape index (κ3) is 4.63. The van der Waals surface area contributed by atoms with Crippen molar-refractivity contribution in [3.05, 3.63) is 42.2 Å². The van der Waals surface area contributed by atoms with Gasteiger partial charge in [-0.3, -0.25) is 4.79 Å². The van der Waals surface area contributed by atoms with Gasteiger partial charge in [0, 0.05) is 12.4 Å². The van der Waals surface area contributed by atoms with Crippen molar-refractivity contribution >= 4 is 17.7 Å². The minimum Gasteiger partial charge on any atom is -0.486 e. The number of nitrogens with one attached hydrogen (secondary N) is 1. The maximum Gasteiger partial charge on any atom is 0.230 e. The van der Waals surface area contributed by atoms with E-state index in [-0.39, 0.29) is 23.6 Å². The summed E-state index contributed by atoms with van der Waals surface area (Å²) >= 11 is 1.32. The van der Waals surface area contributed by atoms with Gasteiger partial charge < -0.3 is 14.8 Å². The van der Waals surface area contributed by atoms with Gasteiger partial charge in [-0.25, -0.2) is 9.97 Å². The van der Waals surface area contributed by atoms with Gasteiger partial charge in [0.1, 0.15) is 13.2 Å². The van der Waals surface area contributed by atoms with E-state index in [1.54, 1.807) is 18.5 Å². The van der Waals surface area contributed by atoms with Crippen LogP contribution in [0.25, 0.3) is 0 Å². The van der Waals surface area contributed by atoms with Crippen molar-refractivity contribution in [3.63, 3.8) is 0 Å². The highest BCUT2D eigenvalue weighted by molar-refractivity contribution is 7.99. The minimum atomic E-state index is -0.0966. The predicted octanol–water partition coefficient (Wildman–Crippen LogP) is 2.85. The van der Waals surface area contributed by atoms with Gasteiger partial charge in [0.05, 0.1) is 11.8 Å². The first-order valence-electron chi connectivity index (χ1n) is 8.22. The average molecular weight is 359 g/mol. The number of fused-ring (bicyclic) bond motifs is 1. The highest BCUT2D eigenvalue weighted by Crippen LogP contribution is 2.34. The normalized spacial score (nSPS) is 14.2. The lowest BCUT2D eigenvalue weighted by molar-refractivity contribution is -0.119. The van der Waals surface area contributed by atoms with Gasteiger partial charge in [0.2, 0.25) is 5.91 Å². The molecular formula is C18H21N3O3S. The van der Waals surface area contributed by atoms with E-state index in [2.05, 4.69) is 29.1 Å². The third-order valence-electron chi connectivity index (χ3n) is 3.78. The summed E-state index contributed by atoms with van der Waals surface area (Å²) in [6.07, 6.45) is 3.33. The Morgan fingerprint density at radius 1 is 1.20 bits per heavy atom. The van der Waals surface area contributed by atoms with Crippen LogP contribution in [0.1, 0.15) is 25.5 Å². The first-order chi connectivity index (χ1) is 12.1. The van der Waals surface area contributed by atoms with Gasteiger partial charge in [0.25, 0.3) is 0 Å². The van der Waals surface area contributed by atoms with E-state index in [1.165, 1.54) is 11.8 Å². The number of aromatic nitrogens is 2. The molecule has 0 radical (unpaired) electrons. The molecule has 132 valence electrons. The molecule has 1 amide bonds. The van der Waals surface area contributed by atoms with Crippen LogP contribution in [-0.2, 0) is 4.79 Å². The summed E-state index contributed by atoms with van der Waals surface area (Å²) in [6.45, 7) is 5.27. The van der Waals surface area contributed by atoms with Crippen LogP contribution < -0.4 is 14.8 Å². The van der Waals surface area contributed by atoms with Crippen molar-refractivity contribution in [3.8, 4) is 11.5 Å². The molecule has 1 aromatic heterocycles. The summed E-state index contributed by atoms with van der Waals surface area (Å²) in [7, 11) is 0. The lowest BCUT2D eigenvalue weighted by Gasteiger charge is -2.25. The van der Waals surface area contributed by atoms with Crippen LogP contribution in [0.15, 0.2) is 41.8 Å². The minimum absolute atomic E-state index is 0.0500. The number of rotatable bonds is 6. The number of benzene rings is 1. The summed E-state index contributed by atoms with van der Waals surface area (Å²) in [6, 6.07) is 7.48. The number of carbonyl (C=O) groups is 1. The molecule has 6 nitrogen and oxygen atoms in total. The van der Waals surface area contributed by atoms with Gasteiger partial charge in [0.15, 0.2) is 16.7 Å². The van der Waals surface area contributed by atoms with E-state index in [9.17, 15) is 4.79 Å². The predicted molar refractivity (Wildman–Crippen MR) is 95.9 cm³/mol. The summed E-state index contributed by atoms with van der Waals surface area (Å²) in [4.78, 5) is 20.6. The summed E-state index contributed by atoms with van der Waals surface area (Å²) in [5.74, 6) is 1.95. The van der Waals surface area contributed by atoms with Crippen molar-refractivity contribution in [1.29, 1.82) is 0 Å². The van der Waals surface area contributed by atoms with Crippen LogP contribution in [-0.4, -0.2) is 34.8 Å². The van der Waals surface area contributed by atoms with Crippen LogP contribution >= 0.6 is 11.8 Å². The summed E-state index contributed by atoms with van der Waals surface area (Å²) in [5, 5.41) is 3.69. The zero-order chi connectivity index (χ0) is 17.6. The molecule has 1 N–H and O–H groups in total. The molecule has 0 spiro atoms. The maximum absolute atomic E-state index is 12.3. The fraction of sp³-hybridized carbons (Fsp3) is 0.389. The Morgan fingerprint density at radius 2 is 1.92 bits per heavy atom. The van der Waals surface area contributed by atoms with Crippen molar-refractivity contribution in [2.75, 3.05) is 19.0 Å². The molecule has 1 aliphatic rings. The Balaban J connectivity index is 1.65. The zero-order valence-electron chi connectivity index (χ0n) is 14.3. The Hall–Kier alpha value is -2.28. The molecule has 0 saturated heterocycles. The first kappa shape index (κ1) is 17.5. The molecule has 25 heavy (non-hydrogen) atoms. The zero-order valence-corrected chi connectivity index (χ0v) is 15.1. The van der Waals surface area contributed by atoms with E-state index in [0.717, 1.165) is 17.1 Å². The van der Waals surface area contributed by atoms with Gasteiger partial charge in [-0.2, -0.15) is 0 Å². The quantitative estimate of drug-likeness (QED) is 0.631. The van der Waals surface area contributed by atoms with Crippen molar-refractivity contribution in [2.24, 2.45) is 5.92 Å². The van der Waals surface area contributed by atoms with Crippen LogP contribution in [0.3, 0.4) is 0 Å². The number of carbonyl (C=O) groups excluding carboxylic acids is 1. The number of hydrogen-bond acceptors (Lipinski definition) is 6. The van der Waals surface area contributed by atoms with Gasteiger partial charge in [-0.1, -0.05) is 31.7 Å². The summed E-state index contributed by atoms with van der Waals surface area (Å²) < 4.78 is 11.2. The molecule has 0 unspecified atom stereocenters. The summed E-state index contributed by atoms with van der Waals surface area (Å²) in [5.41, 5.74) is 1.01. The Bertz CT molecular complexity index is 725.